The standard InChI is InChI=1S/C16H14O2/c17-16(18)12-15(14-9-5-2-6-10-14)11-13-7-3-1-4-8-13/h1-10,12H,11H2,(H,17,18). The van der Waals surface area contributed by atoms with Gasteiger partial charge in [0.05, 0.1) is 0 Å². The van der Waals surface area contributed by atoms with Crippen LogP contribution in [0.25, 0.3) is 5.57 Å². The van der Waals surface area contributed by atoms with Crippen molar-refractivity contribution >= 4 is 11.5 Å². The molecular weight excluding hydrogens is 224 g/mol. The third-order valence-electron chi connectivity index (χ3n) is 2.68. The van der Waals surface area contributed by atoms with E-state index in [1.165, 1.54) is 6.08 Å². The van der Waals surface area contributed by atoms with Gasteiger partial charge in [-0.2, -0.15) is 0 Å². The van der Waals surface area contributed by atoms with E-state index >= 15 is 0 Å². The molecule has 2 heteroatoms. The van der Waals surface area contributed by atoms with Crippen molar-refractivity contribution in [2.45, 2.75) is 6.42 Å². The molecule has 0 fully saturated rings. The highest BCUT2D eigenvalue weighted by Gasteiger charge is 2.05. The summed E-state index contributed by atoms with van der Waals surface area (Å²) in [6, 6.07) is 19.5. The number of carbonyl (C=O) groups is 1. The van der Waals surface area contributed by atoms with Crippen molar-refractivity contribution < 1.29 is 9.90 Å². The Morgan fingerprint density at radius 3 is 2.06 bits per heavy atom. The predicted molar refractivity (Wildman–Crippen MR) is 72.2 cm³/mol. The molecule has 0 aliphatic heterocycles. The number of carboxylic acids is 1. The van der Waals surface area contributed by atoms with Gasteiger partial charge in [-0.3, -0.25) is 0 Å². The van der Waals surface area contributed by atoms with Crippen LogP contribution in [0.4, 0.5) is 0 Å². The van der Waals surface area contributed by atoms with Crippen molar-refractivity contribution in [3.63, 3.8) is 0 Å². The minimum atomic E-state index is -0.912. The van der Waals surface area contributed by atoms with Crippen molar-refractivity contribution in [2.24, 2.45) is 0 Å². The summed E-state index contributed by atoms with van der Waals surface area (Å²) in [6.07, 6.45) is 1.90. The molecule has 0 radical (unpaired) electrons. The van der Waals surface area contributed by atoms with Gasteiger partial charge < -0.3 is 5.11 Å². The first kappa shape index (κ1) is 12.1. The summed E-state index contributed by atoms with van der Waals surface area (Å²) < 4.78 is 0. The third-order valence-corrected chi connectivity index (χ3v) is 2.68. The third kappa shape index (κ3) is 3.32. The van der Waals surface area contributed by atoms with Crippen LogP contribution in [0.5, 0.6) is 0 Å². The minimum Gasteiger partial charge on any atom is -0.478 e. The summed E-state index contributed by atoms with van der Waals surface area (Å²) in [4.78, 5) is 10.9. The monoisotopic (exact) mass is 238 g/mol. The predicted octanol–water partition coefficient (Wildman–Crippen LogP) is 3.40. The zero-order valence-corrected chi connectivity index (χ0v) is 9.91. The fraction of sp³-hybridized carbons (Fsp3) is 0.0625. The van der Waals surface area contributed by atoms with Gasteiger partial charge in [0.25, 0.3) is 0 Å². The summed E-state index contributed by atoms with van der Waals surface area (Å²) in [5.74, 6) is -0.912. The molecule has 0 spiro atoms. The summed E-state index contributed by atoms with van der Waals surface area (Å²) in [5.41, 5.74) is 2.87. The zero-order chi connectivity index (χ0) is 12.8. The normalized spacial score (nSPS) is 11.2. The van der Waals surface area contributed by atoms with Crippen LogP contribution in [-0.2, 0) is 11.2 Å². The van der Waals surface area contributed by atoms with Crippen LogP contribution in [0.3, 0.4) is 0 Å². The maximum atomic E-state index is 10.9. The summed E-state index contributed by atoms with van der Waals surface area (Å²) in [5, 5.41) is 8.95. The molecule has 0 unspecified atom stereocenters. The molecule has 0 aromatic heterocycles. The van der Waals surface area contributed by atoms with Gasteiger partial charge in [-0.15, -0.1) is 0 Å². The highest BCUT2D eigenvalue weighted by atomic mass is 16.4. The molecule has 1 N–H and O–H groups in total. The average Bonchev–Trinajstić information content (AvgIpc) is 2.40. The first-order valence-corrected chi connectivity index (χ1v) is 5.78. The van der Waals surface area contributed by atoms with Gasteiger partial charge in [0.2, 0.25) is 0 Å². The number of allylic oxidation sites excluding steroid dienone is 1. The fourth-order valence-electron chi connectivity index (χ4n) is 1.85. The summed E-state index contributed by atoms with van der Waals surface area (Å²) in [6.45, 7) is 0. The lowest BCUT2D eigenvalue weighted by atomic mass is 9.98. The second kappa shape index (κ2) is 5.82. The molecule has 0 atom stereocenters. The van der Waals surface area contributed by atoms with Crippen molar-refractivity contribution in [3.05, 3.63) is 77.9 Å². The van der Waals surface area contributed by atoms with E-state index < -0.39 is 5.97 Å². The van der Waals surface area contributed by atoms with Gasteiger partial charge >= 0.3 is 5.97 Å². The van der Waals surface area contributed by atoms with Crippen LogP contribution in [-0.4, -0.2) is 11.1 Å². The molecule has 0 saturated carbocycles. The van der Waals surface area contributed by atoms with E-state index in [4.69, 9.17) is 5.11 Å². The summed E-state index contributed by atoms with van der Waals surface area (Å²) in [7, 11) is 0. The number of rotatable bonds is 4. The molecule has 2 nitrogen and oxygen atoms in total. The molecule has 0 aliphatic rings. The van der Waals surface area contributed by atoms with Gasteiger partial charge in [-0.25, -0.2) is 4.79 Å². The van der Waals surface area contributed by atoms with Crippen LogP contribution in [0.1, 0.15) is 11.1 Å². The Labute approximate surface area is 106 Å². The van der Waals surface area contributed by atoms with Crippen molar-refractivity contribution in [3.8, 4) is 0 Å². The molecule has 18 heavy (non-hydrogen) atoms. The van der Waals surface area contributed by atoms with E-state index in [1.807, 2.05) is 60.7 Å². The van der Waals surface area contributed by atoms with Crippen LogP contribution >= 0.6 is 0 Å². The maximum Gasteiger partial charge on any atom is 0.328 e. The maximum absolute atomic E-state index is 10.9. The fourth-order valence-corrected chi connectivity index (χ4v) is 1.85. The van der Waals surface area contributed by atoms with Crippen LogP contribution < -0.4 is 0 Å². The molecule has 0 amide bonds. The Bertz CT molecular complexity index is 542. The first-order chi connectivity index (χ1) is 8.75. The number of benzene rings is 2. The Hall–Kier alpha value is -2.35. The highest BCUT2D eigenvalue weighted by molar-refractivity contribution is 5.90. The van der Waals surface area contributed by atoms with Crippen LogP contribution in [0, 0.1) is 0 Å². The first-order valence-electron chi connectivity index (χ1n) is 5.78. The number of hydrogen-bond donors (Lipinski definition) is 1. The lowest BCUT2D eigenvalue weighted by molar-refractivity contribution is -0.131. The molecule has 0 aliphatic carbocycles. The number of aliphatic carboxylic acids is 1. The zero-order valence-electron chi connectivity index (χ0n) is 9.91. The molecule has 2 rings (SSSR count). The molecule has 0 heterocycles. The molecule has 2 aromatic carbocycles. The molecule has 0 saturated heterocycles. The van der Waals surface area contributed by atoms with Crippen molar-refractivity contribution in [1.29, 1.82) is 0 Å². The highest BCUT2D eigenvalue weighted by Crippen LogP contribution is 2.19. The van der Waals surface area contributed by atoms with Crippen molar-refractivity contribution in [2.75, 3.05) is 0 Å². The van der Waals surface area contributed by atoms with E-state index in [0.717, 1.165) is 16.7 Å². The smallest absolute Gasteiger partial charge is 0.328 e. The largest absolute Gasteiger partial charge is 0.478 e. The van der Waals surface area contributed by atoms with E-state index in [1.54, 1.807) is 0 Å². The molecule has 90 valence electrons. The lowest BCUT2D eigenvalue weighted by Crippen LogP contribution is -1.96. The molecule has 0 bridgehead atoms. The second-order valence-corrected chi connectivity index (χ2v) is 4.04. The van der Waals surface area contributed by atoms with E-state index in [9.17, 15) is 4.79 Å². The average molecular weight is 238 g/mol. The topological polar surface area (TPSA) is 37.3 Å². The SMILES string of the molecule is O=C(O)C=C(Cc1ccccc1)c1ccccc1. The quantitative estimate of drug-likeness (QED) is 0.829. The Morgan fingerprint density at radius 2 is 1.50 bits per heavy atom. The Kier molecular flexibility index (Phi) is 3.92. The lowest BCUT2D eigenvalue weighted by Gasteiger charge is -2.07. The van der Waals surface area contributed by atoms with Crippen LogP contribution in [0.2, 0.25) is 0 Å². The van der Waals surface area contributed by atoms with Crippen LogP contribution in [0.15, 0.2) is 66.7 Å². The van der Waals surface area contributed by atoms with Gasteiger partial charge in [0.1, 0.15) is 0 Å². The molecular formula is C16H14O2. The van der Waals surface area contributed by atoms with Gasteiger partial charge in [-0.05, 0) is 23.1 Å². The Morgan fingerprint density at radius 1 is 0.944 bits per heavy atom. The van der Waals surface area contributed by atoms with E-state index in [-0.39, 0.29) is 0 Å². The van der Waals surface area contributed by atoms with Crippen molar-refractivity contribution in [1.82, 2.24) is 0 Å². The number of carboxylic acid groups (broad SMARTS) is 1. The number of hydrogen-bond acceptors (Lipinski definition) is 1. The van der Waals surface area contributed by atoms with E-state index in [2.05, 4.69) is 0 Å². The van der Waals surface area contributed by atoms with E-state index in [0.29, 0.717) is 6.42 Å². The minimum absolute atomic E-state index is 0.622. The summed E-state index contributed by atoms with van der Waals surface area (Å²) >= 11 is 0. The van der Waals surface area contributed by atoms with Gasteiger partial charge in [0, 0.05) is 6.08 Å². The van der Waals surface area contributed by atoms with Gasteiger partial charge in [0.15, 0.2) is 0 Å². The Balaban J connectivity index is 2.31. The second-order valence-electron chi connectivity index (χ2n) is 4.04. The molecule has 2 aromatic rings. The van der Waals surface area contributed by atoms with Gasteiger partial charge in [-0.1, -0.05) is 60.7 Å².